The molecule has 0 aliphatic carbocycles. The van der Waals surface area contributed by atoms with E-state index in [1.54, 1.807) is 18.2 Å². The Hall–Kier alpha value is -2.32. The van der Waals surface area contributed by atoms with Gasteiger partial charge in [0.2, 0.25) is 0 Å². The number of hydrogen-bond acceptors (Lipinski definition) is 3. The van der Waals surface area contributed by atoms with Crippen LogP contribution in [0.1, 0.15) is 11.5 Å². The highest BCUT2D eigenvalue weighted by Crippen LogP contribution is 2.43. The standard InChI is InChI=1S/C14H10ClN3O2/c1-16-9-2-3-10-11(4-9)13(18(19)20)5-12-14(10)8(6-15)7-17-12/h2-5,8,17H,6-7H2. The molecule has 0 fully saturated rings. The van der Waals surface area contributed by atoms with Gasteiger partial charge in [0.1, 0.15) is 0 Å². The number of nitro groups is 1. The lowest BCUT2D eigenvalue weighted by atomic mass is 9.94. The zero-order chi connectivity index (χ0) is 14.3. The molecule has 1 N–H and O–H groups in total. The fraction of sp³-hybridized carbons (Fsp3) is 0.214. The maximum absolute atomic E-state index is 11.2. The maximum Gasteiger partial charge on any atom is 0.278 e. The minimum atomic E-state index is -0.411. The molecule has 0 spiro atoms. The molecule has 20 heavy (non-hydrogen) atoms. The van der Waals surface area contributed by atoms with Gasteiger partial charge in [0.15, 0.2) is 5.69 Å². The molecule has 3 rings (SSSR count). The van der Waals surface area contributed by atoms with E-state index in [0.717, 1.165) is 16.6 Å². The summed E-state index contributed by atoms with van der Waals surface area (Å²) in [6.45, 7) is 7.73. The number of non-ortho nitro benzene ring substituents is 1. The molecule has 6 heteroatoms. The van der Waals surface area contributed by atoms with Crippen LogP contribution in [0.2, 0.25) is 0 Å². The first-order chi connectivity index (χ1) is 9.65. The van der Waals surface area contributed by atoms with Gasteiger partial charge < -0.3 is 5.32 Å². The van der Waals surface area contributed by atoms with Crippen LogP contribution in [-0.4, -0.2) is 17.3 Å². The number of benzene rings is 2. The average molecular weight is 288 g/mol. The third-order valence-corrected chi connectivity index (χ3v) is 3.97. The number of nitrogens with zero attached hydrogens (tertiary/aromatic N) is 2. The van der Waals surface area contributed by atoms with E-state index < -0.39 is 4.92 Å². The largest absolute Gasteiger partial charge is 0.384 e. The average Bonchev–Trinajstić information content (AvgIpc) is 2.88. The van der Waals surface area contributed by atoms with Gasteiger partial charge in [-0.1, -0.05) is 12.1 Å². The van der Waals surface area contributed by atoms with E-state index in [9.17, 15) is 10.1 Å². The molecule has 1 aliphatic rings. The van der Waals surface area contributed by atoms with Gasteiger partial charge in [-0.05, 0) is 17.0 Å². The predicted octanol–water partition coefficient (Wildman–Crippen LogP) is 4.05. The monoisotopic (exact) mass is 287 g/mol. The fourth-order valence-electron chi connectivity index (χ4n) is 2.69. The lowest BCUT2D eigenvalue weighted by Crippen LogP contribution is -2.02. The van der Waals surface area contributed by atoms with Crippen molar-refractivity contribution in [2.24, 2.45) is 0 Å². The van der Waals surface area contributed by atoms with Crippen molar-refractivity contribution in [3.63, 3.8) is 0 Å². The lowest BCUT2D eigenvalue weighted by Gasteiger charge is -2.10. The molecule has 2 aromatic rings. The van der Waals surface area contributed by atoms with Gasteiger partial charge in [0.05, 0.1) is 11.5 Å². The Bertz CT molecular complexity index is 767. The molecule has 1 atom stereocenters. The Balaban J connectivity index is 2.40. The van der Waals surface area contributed by atoms with Gasteiger partial charge in [-0.2, -0.15) is 0 Å². The summed E-state index contributed by atoms with van der Waals surface area (Å²) in [4.78, 5) is 14.2. The lowest BCUT2D eigenvalue weighted by molar-refractivity contribution is -0.383. The first-order valence-electron chi connectivity index (χ1n) is 6.08. The number of anilines is 1. The smallest absolute Gasteiger partial charge is 0.278 e. The summed E-state index contributed by atoms with van der Waals surface area (Å²) in [5.41, 5.74) is 2.20. The molecule has 0 saturated heterocycles. The van der Waals surface area contributed by atoms with Crippen LogP contribution in [0.5, 0.6) is 0 Å². The van der Waals surface area contributed by atoms with Crippen molar-refractivity contribution in [2.45, 2.75) is 5.92 Å². The molecule has 0 radical (unpaired) electrons. The summed E-state index contributed by atoms with van der Waals surface area (Å²) in [6, 6.07) is 6.58. The van der Waals surface area contributed by atoms with E-state index in [4.69, 9.17) is 18.2 Å². The Kier molecular flexibility index (Phi) is 2.96. The number of rotatable bonds is 2. The SMILES string of the molecule is [C-]#[N+]c1ccc2c3c(cc([N+](=O)[O-])c2c1)NCC3CCl. The molecule has 0 aromatic heterocycles. The molecule has 1 aliphatic heterocycles. The van der Waals surface area contributed by atoms with Crippen molar-refractivity contribution >= 4 is 39.4 Å². The van der Waals surface area contributed by atoms with Crippen LogP contribution in [0.4, 0.5) is 17.1 Å². The Morgan fingerprint density at radius 1 is 1.45 bits per heavy atom. The molecule has 100 valence electrons. The molecular formula is C14H10ClN3O2. The van der Waals surface area contributed by atoms with E-state index in [0.29, 0.717) is 23.5 Å². The van der Waals surface area contributed by atoms with Crippen LogP contribution >= 0.6 is 11.6 Å². The Morgan fingerprint density at radius 3 is 2.90 bits per heavy atom. The molecule has 5 nitrogen and oxygen atoms in total. The molecule has 0 amide bonds. The summed E-state index contributed by atoms with van der Waals surface area (Å²) < 4.78 is 0. The molecule has 0 saturated carbocycles. The van der Waals surface area contributed by atoms with E-state index >= 15 is 0 Å². The highest BCUT2D eigenvalue weighted by Gasteiger charge is 2.28. The van der Waals surface area contributed by atoms with Crippen molar-refractivity contribution in [3.05, 3.63) is 51.4 Å². The number of nitro benzene ring substituents is 1. The second-order valence-electron chi connectivity index (χ2n) is 4.69. The number of nitrogens with one attached hydrogen (secondary N) is 1. The van der Waals surface area contributed by atoms with Crippen LogP contribution in [0, 0.1) is 16.7 Å². The van der Waals surface area contributed by atoms with Crippen molar-refractivity contribution in [2.75, 3.05) is 17.7 Å². The molecular weight excluding hydrogens is 278 g/mol. The number of hydrogen-bond donors (Lipinski definition) is 1. The van der Waals surface area contributed by atoms with Crippen LogP contribution in [0.15, 0.2) is 24.3 Å². The van der Waals surface area contributed by atoms with Crippen LogP contribution in [-0.2, 0) is 0 Å². The fourth-order valence-corrected chi connectivity index (χ4v) is 2.95. The highest BCUT2D eigenvalue weighted by atomic mass is 35.5. The third kappa shape index (κ3) is 1.77. The summed E-state index contributed by atoms with van der Waals surface area (Å²) >= 11 is 5.97. The van der Waals surface area contributed by atoms with Gasteiger partial charge in [0.25, 0.3) is 5.69 Å². The minimum Gasteiger partial charge on any atom is -0.384 e. The van der Waals surface area contributed by atoms with Crippen LogP contribution in [0.25, 0.3) is 15.6 Å². The highest BCUT2D eigenvalue weighted by molar-refractivity contribution is 6.18. The summed E-state index contributed by atoms with van der Waals surface area (Å²) in [5.74, 6) is 0.589. The second-order valence-corrected chi connectivity index (χ2v) is 5.00. The summed E-state index contributed by atoms with van der Waals surface area (Å²) in [7, 11) is 0. The van der Waals surface area contributed by atoms with Crippen LogP contribution in [0.3, 0.4) is 0 Å². The first kappa shape index (κ1) is 12.7. The van der Waals surface area contributed by atoms with E-state index in [2.05, 4.69) is 10.2 Å². The van der Waals surface area contributed by atoms with Gasteiger partial charge >= 0.3 is 0 Å². The van der Waals surface area contributed by atoms with Crippen LogP contribution < -0.4 is 5.32 Å². The van der Waals surface area contributed by atoms with Gasteiger partial charge in [-0.25, -0.2) is 4.85 Å². The molecule has 2 aromatic carbocycles. The van der Waals surface area contributed by atoms with Crippen molar-refractivity contribution in [1.29, 1.82) is 0 Å². The number of alkyl halides is 1. The summed E-state index contributed by atoms with van der Waals surface area (Å²) in [5, 5.41) is 15.7. The molecule has 1 heterocycles. The zero-order valence-electron chi connectivity index (χ0n) is 10.4. The zero-order valence-corrected chi connectivity index (χ0v) is 11.1. The molecule has 0 bridgehead atoms. The van der Waals surface area contributed by atoms with Gasteiger partial charge in [-0.3, -0.25) is 10.1 Å². The predicted molar refractivity (Wildman–Crippen MR) is 78.8 cm³/mol. The molecule has 1 unspecified atom stereocenters. The number of halogens is 1. The first-order valence-corrected chi connectivity index (χ1v) is 6.61. The Morgan fingerprint density at radius 2 is 2.25 bits per heavy atom. The number of fused-ring (bicyclic) bond motifs is 3. The normalized spacial score (nSPS) is 16.5. The van der Waals surface area contributed by atoms with Crippen molar-refractivity contribution in [3.8, 4) is 0 Å². The Labute approximate surface area is 120 Å². The maximum atomic E-state index is 11.2. The van der Waals surface area contributed by atoms with Crippen molar-refractivity contribution in [1.82, 2.24) is 0 Å². The van der Waals surface area contributed by atoms with Gasteiger partial charge in [0, 0.05) is 35.5 Å². The van der Waals surface area contributed by atoms with E-state index in [1.165, 1.54) is 6.07 Å². The van der Waals surface area contributed by atoms with Gasteiger partial charge in [-0.15, -0.1) is 11.6 Å². The second kappa shape index (κ2) is 4.66. The van der Waals surface area contributed by atoms with Crippen molar-refractivity contribution < 1.29 is 4.92 Å². The van der Waals surface area contributed by atoms with E-state index in [1.807, 2.05) is 0 Å². The third-order valence-electron chi connectivity index (χ3n) is 3.60. The van der Waals surface area contributed by atoms with E-state index in [-0.39, 0.29) is 11.6 Å². The quantitative estimate of drug-likeness (QED) is 0.392. The summed E-state index contributed by atoms with van der Waals surface area (Å²) in [6.07, 6.45) is 0. The minimum absolute atomic E-state index is 0.0203. The topological polar surface area (TPSA) is 59.5 Å².